The number of nitrogens with one attached hydrogen (secondary N) is 1. The van der Waals surface area contributed by atoms with Gasteiger partial charge in [-0.25, -0.2) is 4.68 Å². The lowest BCUT2D eigenvalue weighted by atomic mass is 10.0. The van der Waals surface area contributed by atoms with E-state index in [9.17, 15) is 0 Å². The first-order valence-electron chi connectivity index (χ1n) is 13.2. The summed E-state index contributed by atoms with van der Waals surface area (Å²) in [5.74, 6) is 1.59. The first-order chi connectivity index (χ1) is 17.9. The smallest absolute Gasteiger partial charge is 0.188 e. The van der Waals surface area contributed by atoms with E-state index in [4.69, 9.17) is 14.2 Å². The van der Waals surface area contributed by atoms with Gasteiger partial charge in [-0.15, -0.1) is 10.2 Å². The summed E-state index contributed by atoms with van der Waals surface area (Å²) in [6.45, 7) is 9.45. The van der Waals surface area contributed by atoms with Crippen molar-refractivity contribution in [3.05, 3.63) is 42.7 Å². The van der Waals surface area contributed by atoms with Crippen molar-refractivity contribution < 1.29 is 14.2 Å². The summed E-state index contributed by atoms with van der Waals surface area (Å²) >= 11 is 0. The SMILES string of the molecule is COCOc1cc(-c2cnn(C3CCCCO3)c2)ccc1-c1ccc(N2CCC(NC(C)(C)C)C2)nn1. The number of methoxy groups -OCH3 is 1. The largest absolute Gasteiger partial charge is 0.467 e. The molecule has 9 nitrogen and oxygen atoms in total. The first-order valence-corrected chi connectivity index (χ1v) is 13.2. The number of rotatable bonds is 8. The van der Waals surface area contributed by atoms with Crippen molar-refractivity contribution in [2.45, 2.75) is 64.3 Å². The molecule has 0 radical (unpaired) electrons. The molecular weight excluding hydrogens is 468 g/mol. The van der Waals surface area contributed by atoms with E-state index in [0.29, 0.717) is 11.8 Å². The van der Waals surface area contributed by atoms with Crippen LogP contribution in [0, 0.1) is 0 Å². The van der Waals surface area contributed by atoms with Gasteiger partial charge in [-0.2, -0.15) is 5.10 Å². The maximum absolute atomic E-state index is 5.96. The van der Waals surface area contributed by atoms with E-state index >= 15 is 0 Å². The monoisotopic (exact) mass is 506 g/mol. The van der Waals surface area contributed by atoms with E-state index < -0.39 is 0 Å². The van der Waals surface area contributed by atoms with Crippen molar-refractivity contribution in [3.8, 4) is 28.1 Å². The van der Waals surface area contributed by atoms with Crippen LogP contribution in [0.15, 0.2) is 42.7 Å². The molecular formula is C28H38N6O3. The Hall–Kier alpha value is -3.01. The van der Waals surface area contributed by atoms with Gasteiger partial charge < -0.3 is 24.4 Å². The standard InChI is InChI=1S/C28H38N6O3/c1-28(2,3)30-22-12-13-33(18-22)26-11-10-24(31-32-26)23-9-8-20(15-25(23)37-19-35-4)21-16-29-34(17-21)27-7-5-6-14-36-27/h8-11,15-17,22,27,30H,5-7,12-14,18-19H2,1-4H3. The molecule has 3 aromatic rings. The zero-order valence-electron chi connectivity index (χ0n) is 22.3. The van der Waals surface area contributed by atoms with Gasteiger partial charge in [0.25, 0.3) is 0 Å². The van der Waals surface area contributed by atoms with Crippen LogP contribution in [-0.2, 0) is 9.47 Å². The second kappa shape index (κ2) is 11.2. The summed E-state index contributed by atoms with van der Waals surface area (Å²) in [5.41, 5.74) is 3.75. The van der Waals surface area contributed by atoms with Crippen LogP contribution in [0.5, 0.6) is 5.75 Å². The summed E-state index contributed by atoms with van der Waals surface area (Å²) in [6.07, 6.45) is 8.29. The van der Waals surface area contributed by atoms with Gasteiger partial charge in [-0.05, 0) is 76.3 Å². The number of hydrogen-bond donors (Lipinski definition) is 1. The van der Waals surface area contributed by atoms with Crippen LogP contribution in [0.4, 0.5) is 5.82 Å². The van der Waals surface area contributed by atoms with Crippen LogP contribution in [0.2, 0.25) is 0 Å². The van der Waals surface area contributed by atoms with E-state index in [1.165, 1.54) is 0 Å². The third-order valence-electron chi connectivity index (χ3n) is 6.78. The summed E-state index contributed by atoms with van der Waals surface area (Å²) in [7, 11) is 1.62. The van der Waals surface area contributed by atoms with Crippen LogP contribution in [0.1, 0.15) is 52.7 Å². The van der Waals surface area contributed by atoms with E-state index in [1.807, 2.05) is 41.3 Å². The molecule has 0 spiro atoms. The molecule has 0 amide bonds. The lowest BCUT2D eigenvalue weighted by molar-refractivity contribution is -0.0394. The van der Waals surface area contributed by atoms with Crippen molar-refractivity contribution >= 4 is 5.82 Å². The molecule has 4 heterocycles. The molecule has 198 valence electrons. The minimum Gasteiger partial charge on any atom is -0.467 e. The van der Waals surface area contributed by atoms with Gasteiger partial charge in [0.15, 0.2) is 12.6 Å². The van der Waals surface area contributed by atoms with Gasteiger partial charge in [0.05, 0.1) is 11.9 Å². The lowest BCUT2D eigenvalue weighted by Gasteiger charge is -2.26. The molecule has 0 saturated carbocycles. The molecule has 37 heavy (non-hydrogen) atoms. The van der Waals surface area contributed by atoms with Crippen molar-refractivity contribution in [2.24, 2.45) is 0 Å². The van der Waals surface area contributed by atoms with Crippen molar-refractivity contribution in [2.75, 3.05) is 38.5 Å². The van der Waals surface area contributed by atoms with Gasteiger partial charge in [-0.3, -0.25) is 0 Å². The molecule has 2 aromatic heterocycles. The Labute approximate surface area is 219 Å². The van der Waals surface area contributed by atoms with Crippen molar-refractivity contribution in [3.63, 3.8) is 0 Å². The molecule has 5 rings (SSSR count). The average Bonchev–Trinajstić information content (AvgIpc) is 3.57. The average molecular weight is 507 g/mol. The molecule has 2 fully saturated rings. The van der Waals surface area contributed by atoms with Gasteiger partial charge in [0.2, 0.25) is 0 Å². The predicted molar refractivity (Wildman–Crippen MR) is 144 cm³/mol. The maximum atomic E-state index is 5.96. The number of hydrogen-bond acceptors (Lipinski definition) is 8. The van der Waals surface area contributed by atoms with E-state index in [2.05, 4.69) is 52.4 Å². The number of benzene rings is 1. The first kappa shape index (κ1) is 25.6. The molecule has 0 aliphatic carbocycles. The fourth-order valence-corrected chi connectivity index (χ4v) is 5.07. The number of anilines is 1. The molecule has 2 aliphatic rings. The molecule has 1 aromatic carbocycles. The normalized spacial score (nSPS) is 20.4. The second-order valence-electron chi connectivity index (χ2n) is 10.9. The van der Waals surface area contributed by atoms with Crippen LogP contribution >= 0.6 is 0 Å². The summed E-state index contributed by atoms with van der Waals surface area (Å²) in [4.78, 5) is 2.29. The number of nitrogens with zero attached hydrogens (tertiary/aromatic N) is 5. The van der Waals surface area contributed by atoms with Crippen molar-refractivity contribution in [1.29, 1.82) is 0 Å². The zero-order chi connectivity index (χ0) is 25.8. The van der Waals surface area contributed by atoms with Crippen molar-refractivity contribution in [1.82, 2.24) is 25.3 Å². The molecule has 2 saturated heterocycles. The molecule has 1 N–H and O–H groups in total. The van der Waals surface area contributed by atoms with Crippen LogP contribution in [-0.4, -0.2) is 65.2 Å². The minimum atomic E-state index is 0.00917. The van der Waals surface area contributed by atoms with Crippen LogP contribution < -0.4 is 15.0 Å². The topological polar surface area (TPSA) is 86.6 Å². The van der Waals surface area contributed by atoms with Gasteiger partial charge in [-0.1, -0.05) is 6.07 Å². The molecule has 9 heteroatoms. The fraction of sp³-hybridized carbons (Fsp3) is 0.536. The lowest BCUT2D eigenvalue weighted by Crippen LogP contribution is -2.45. The molecule has 0 bridgehead atoms. The predicted octanol–water partition coefficient (Wildman–Crippen LogP) is 4.66. The Morgan fingerprint density at radius 2 is 1.97 bits per heavy atom. The highest BCUT2D eigenvalue weighted by atomic mass is 16.7. The Balaban J connectivity index is 1.33. The zero-order valence-corrected chi connectivity index (χ0v) is 22.3. The Morgan fingerprint density at radius 3 is 2.70 bits per heavy atom. The van der Waals surface area contributed by atoms with Crippen LogP contribution in [0.3, 0.4) is 0 Å². The highest BCUT2D eigenvalue weighted by Gasteiger charge is 2.27. The van der Waals surface area contributed by atoms with Gasteiger partial charge in [0, 0.05) is 55.7 Å². The van der Waals surface area contributed by atoms with Gasteiger partial charge >= 0.3 is 0 Å². The Kier molecular flexibility index (Phi) is 7.73. The quantitative estimate of drug-likeness (QED) is 0.442. The third-order valence-corrected chi connectivity index (χ3v) is 6.78. The highest BCUT2D eigenvalue weighted by Crippen LogP contribution is 2.34. The molecule has 2 atom stereocenters. The Morgan fingerprint density at radius 1 is 1.08 bits per heavy atom. The fourth-order valence-electron chi connectivity index (χ4n) is 5.07. The summed E-state index contributed by atoms with van der Waals surface area (Å²) in [5, 5.41) is 17.4. The van der Waals surface area contributed by atoms with Gasteiger partial charge in [0.1, 0.15) is 12.0 Å². The second-order valence-corrected chi connectivity index (χ2v) is 10.9. The highest BCUT2D eigenvalue weighted by molar-refractivity contribution is 5.74. The summed E-state index contributed by atoms with van der Waals surface area (Å²) in [6, 6.07) is 10.6. The third kappa shape index (κ3) is 6.29. The number of aromatic nitrogens is 4. The maximum Gasteiger partial charge on any atom is 0.188 e. The summed E-state index contributed by atoms with van der Waals surface area (Å²) < 4.78 is 18.9. The van der Waals surface area contributed by atoms with E-state index in [0.717, 1.165) is 73.6 Å². The Bertz CT molecular complexity index is 1170. The minimum absolute atomic E-state index is 0.00917. The molecule has 2 unspecified atom stereocenters. The van der Waals surface area contributed by atoms with E-state index in [-0.39, 0.29) is 18.6 Å². The van der Waals surface area contributed by atoms with Crippen LogP contribution in [0.25, 0.3) is 22.4 Å². The van der Waals surface area contributed by atoms with E-state index in [1.54, 1.807) is 7.11 Å². The molecule has 2 aliphatic heterocycles. The number of ether oxygens (including phenoxy) is 3.